The van der Waals surface area contributed by atoms with E-state index in [4.69, 9.17) is 4.74 Å². The van der Waals surface area contributed by atoms with Gasteiger partial charge >= 0.3 is 0 Å². The molecule has 152 valence electrons. The van der Waals surface area contributed by atoms with Crippen molar-refractivity contribution in [2.24, 2.45) is 7.05 Å². The fourth-order valence-electron chi connectivity index (χ4n) is 4.13. The number of rotatable bonds is 5. The summed E-state index contributed by atoms with van der Waals surface area (Å²) in [6.07, 6.45) is 5.11. The minimum Gasteiger partial charge on any atom is -0.464 e. The molecule has 3 aromatic rings. The van der Waals surface area contributed by atoms with Gasteiger partial charge < -0.3 is 10.1 Å². The molecule has 29 heavy (non-hydrogen) atoms. The van der Waals surface area contributed by atoms with Crippen molar-refractivity contribution in [3.63, 3.8) is 0 Å². The number of aromatic nitrogens is 3. The molecule has 6 heteroatoms. The number of hydrogen-bond acceptors (Lipinski definition) is 4. The van der Waals surface area contributed by atoms with Gasteiger partial charge in [0.25, 0.3) is 5.91 Å². The summed E-state index contributed by atoms with van der Waals surface area (Å²) in [5, 5.41) is 8.66. The Balaban J connectivity index is 1.62. The van der Waals surface area contributed by atoms with E-state index in [9.17, 15) is 4.79 Å². The van der Waals surface area contributed by atoms with Crippen molar-refractivity contribution in [2.45, 2.75) is 58.1 Å². The van der Waals surface area contributed by atoms with Gasteiger partial charge in [-0.2, -0.15) is 10.1 Å². The summed E-state index contributed by atoms with van der Waals surface area (Å²) in [6.45, 7) is 3.76. The SMILES string of the molecule is Cc1nn(C)c2nc(O[C@@H](C)C(=O)NC3CCCCC3)cc(-c3ccccc3)c12. The van der Waals surface area contributed by atoms with Gasteiger partial charge in [-0.1, -0.05) is 49.6 Å². The fourth-order valence-corrected chi connectivity index (χ4v) is 4.13. The van der Waals surface area contributed by atoms with Gasteiger partial charge in [-0.15, -0.1) is 0 Å². The highest BCUT2D eigenvalue weighted by Gasteiger charge is 2.22. The van der Waals surface area contributed by atoms with Crippen LogP contribution in [-0.4, -0.2) is 32.8 Å². The number of ether oxygens (including phenoxy) is 1. The second-order valence-electron chi connectivity index (χ2n) is 7.89. The minimum atomic E-state index is -0.611. The molecule has 6 nitrogen and oxygen atoms in total. The Kier molecular flexibility index (Phi) is 5.51. The van der Waals surface area contributed by atoms with Crippen molar-refractivity contribution in [3.8, 4) is 17.0 Å². The van der Waals surface area contributed by atoms with Gasteiger partial charge in [0.05, 0.1) is 11.1 Å². The Morgan fingerprint density at radius 3 is 2.66 bits per heavy atom. The van der Waals surface area contributed by atoms with E-state index < -0.39 is 6.10 Å². The number of aryl methyl sites for hydroxylation is 2. The first-order valence-corrected chi connectivity index (χ1v) is 10.4. The molecule has 0 saturated heterocycles. The maximum atomic E-state index is 12.6. The van der Waals surface area contributed by atoms with Crippen molar-refractivity contribution in [1.29, 1.82) is 0 Å². The first-order valence-electron chi connectivity index (χ1n) is 10.4. The molecule has 1 saturated carbocycles. The van der Waals surface area contributed by atoms with Crippen molar-refractivity contribution < 1.29 is 9.53 Å². The largest absolute Gasteiger partial charge is 0.464 e. The van der Waals surface area contributed by atoms with E-state index in [1.165, 1.54) is 19.3 Å². The molecule has 1 N–H and O–H groups in total. The third-order valence-corrected chi connectivity index (χ3v) is 5.65. The summed E-state index contributed by atoms with van der Waals surface area (Å²) in [5.74, 6) is 0.354. The van der Waals surface area contributed by atoms with Gasteiger partial charge in [-0.3, -0.25) is 9.48 Å². The van der Waals surface area contributed by atoms with Crippen LogP contribution >= 0.6 is 0 Å². The number of carbonyl (C=O) groups is 1. The molecule has 0 spiro atoms. The number of carbonyl (C=O) groups excluding carboxylic acids is 1. The van der Waals surface area contributed by atoms with Crippen molar-refractivity contribution >= 4 is 16.9 Å². The van der Waals surface area contributed by atoms with Crippen LogP contribution in [0.4, 0.5) is 0 Å². The highest BCUT2D eigenvalue weighted by atomic mass is 16.5. The van der Waals surface area contributed by atoms with Crippen molar-refractivity contribution in [1.82, 2.24) is 20.1 Å². The van der Waals surface area contributed by atoms with E-state index in [1.807, 2.05) is 38.2 Å². The molecule has 1 aliphatic carbocycles. The average Bonchev–Trinajstić information content (AvgIpc) is 3.02. The van der Waals surface area contributed by atoms with Crippen molar-refractivity contribution in [3.05, 3.63) is 42.1 Å². The monoisotopic (exact) mass is 392 g/mol. The molecule has 0 aliphatic heterocycles. The predicted octanol–water partition coefficient (Wildman–Crippen LogP) is 4.16. The van der Waals surface area contributed by atoms with E-state index in [1.54, 1.807) is 11.6 Å². The minimum absolute atomic E-state index is 0.0822. The Morgan fingerprint density at radius 1 is 1.21 bits per heavy atom. The number of hydrogen-bond donors (Lipinski definition) is 1. The molecule has 0 bridgehead atoms. The summed E-state index contributed by atoms with van der Waals surface area (Å²) >= 11 is 0. The summed E-state index contributed by atoms with van der Waals surface area (Å²) in [4.78, 5) is 17.3. The Morgan fingerprint density at radius 2 is 1.93 bits per heavy atom. The highest BCUT2D eigenvalue weighted by molar-refractivity contribution is 5.95. The number of nitrogens with one attached hydrogen (secondary N) is 1. The number of nitrogens with zero attached hydrogens (tertiary/aromatic N) is 3. The van der Waals surface area contributed by atoms with Crippen LogP contribution in [0, 0.1) is 6.92 Å². The third kappa shape index (κ3) is 4.11. The molecule has 2 heterocycles. The van der Waals surface area contributed by atoms with Crippen LogP contribution in [0.2, 0.25) is 0 Å². The van der Waals surface area contributed by atoms with Crippen LogP contribution in [0.25, 0.3) is 22.2 Å². The molecule has 2 aromatic heterocycles. The Bertz CT molecular complexity index is 1010. The topological polar surface area (TPSA) is 69.0 Å². The van der Waals surface area contributed by atoms with Gasteiger partial charge in [0.15, 0.2) is 11.8 Å². The summed E-state index contributed by atoms with van der Waals surface area (Å²) in [6, 6.07) is 12.3. The lowest BCUT2D eigenvalue weighted by Crippen LogP contribution is -2.43. The van der Waals surface area contributed by atoms with Crippen LogP contribution in [0.5, 0.6) is 5.88 Å². The maximum Gasteiger partial charge on any atom is 0.261 e. The van der Waals surface area contributed by atoms with Gasteiger partial charge in [-0.05, 0) is 37.8 Å². The second-order valence-corrected chi connectivity index (χ2v) is 7.89. The van der Waals surface area contributed by atoms with Crippen molar-refractivity contribution in [2.75, 3.05) is 0 Å². The lowest BCUT2D eigenvalue weighted by Gasteiger charge is -2.24. The molecular weight excluding hydrogens is 364 g/mol. The third-order valence-electron chi connectivity index (χ3n) is 5.65. The molecule has 4 rings (SSSR count). The fraction of sp³-hybridized carbons (Fsp3) is 0.435. The van der Waals surface area contributed by atoms with Crippen LogP contribution in [0.1, 0.15) is 44.7 Å². The summed E-state index contributed by atoms with van der Waals surface area (Å²) in [5.41, 5.74) is 3.75. The number of fused-ring (bicyclic) bond motifs is 1. The molecule has 1 fully saturated rings. The Hall–Kier alpha value is -2.89. The zero-order chi connectivity index (χ0) is 20.4. The first-order chi connectivity index (χ1) is 14.0. The van der Waals surface area contributed by atoms with E-state index in [-0.39, 0.29) is 11.9 Å². The summed E-state index contributed by atoms with van der Waals surface area (Å²) < 4.78 is 7.75. The zero-order valence-electron chi connectivity index (χ0n) is 17.3. The van der Waals surface area contributed by atoms with Crippen LogP contribution in [-0.2, 0) is 11.8 Å². The van der Waals surface area contributed by atoms with E-state index in [0.29, 0.717) is 5.88 Å². The maximum absolute atomic E-state index is 12.6. The number of amides is 1. The molecule has 1 aliphatic rings. The van der Waals surface area contributed by atoms with Gasteiger partial charge in [0.2, 0.25) is 5.88 Å². The molecule has 1 aromatic carbocycles. The number of pyridine rings is 1. The molecule has 1 amide bonds. The highest BCUT2D eigenvalue weighted by Crippen LogP contribution is 2.33. The normalized spacial score (nSPS) is 16.0. The van der Waals surface area contributed by atoms with Gasteiger partial charge in [0.1, 0.15) is 0 Å². The van der Waals surface area contributed by atoms with Crippen LogP contribution < -0.4 is 10.1 Å². The zero-order valence-corrected chi connectivity index (χ0v) is 17.3. The predicted molar refractivity (Wildman–Crippen MR) is 114 cm³/mol. The van der Waals surface area contributed by atoms with Gasteiger partial charge in [0, 0.05) is 19.2 Å². The second kappa shape index (κ2) is 8.23. The summed E-state index contributed by atoms with van der Waals surface area (Å²) in [7, 11) is 1.88. The van der Waals surface area contributed by atoms with E-state index in [0.717, 1.165) is 40.7 Å². The lowest BCUT2D eigenvalue weighted by molar-refractivity contribution is -0.128. The van der Waals surface area contributed by atoms with E-state index >= 15 is 0 Å². The van der Waals surface area contributed by atoms with Gasteiger partial charge in [-0.25, -0.2) is 0 Å². The molecular formula is C23H28N4O2. The number of benzene rings is 1. The molecule has 0 radical (unpaired) electrons. The standard InChI is InChI=1S/C23H28N4O2/c1-15-21-19(17-10-6-4-7-11-17)14-20(25-22(21)27(3)26-15)29-16(2)23(28)24-18-12-8-5-9-13-18/h4,6-7,10-11,14,16,18H,5,8-9,12-13H2,1-3H3,(H,24,28)/t16-/m0/s1. The average molecular weight is 393 g/mol. The molecule has 0 unspecified atom stereocenters. The van der Waals surface area contributed by atoms with E-state index in [2.05, 4.69) is 27.5 Å². The quantitative estimate of drug-likeness (QED) is 0.708. The first kappa shape index (κ1) is 19.4. The Labute approximate surface area is 171 Å². The molecule has 1 atom stereocenters. The lowest BCUT2D eigenvalue weighted by atomic mass is 9.95. The van der Waals surface area contributed by atoms with Crippen LogP contribution in [0.3, 0.4) is 0 Å². The van der Waals surface area contributed by atoms with Crippen LogP contribution in [0.15, 0.2) is 36.4 Å². The smallest absolute Gasteiger partial charge is 0.261 e.